The van der Waals surface area contributed by atoms with Crippen LogP contribution in [0.5, 0.6) is 0 Å². The molecular weight excluding hydrogens is 515 g/mol. The van der Waals surface area contributed by atoms with Gasteiger partial charge in [0.25, 0.3) is 5.91 Å². The fraction of sp³-hybridized carbons (Fsp3) is 0.185. The van der Waals surface area contributed by atoms with E-state index in [1.165, 1.54) is 24.3 Å². The average molecular weight is 540 g/mol. The number of hydrogen-bond acceptors (Lipinski definition) is 4. The smallest absolute Gasteiger partial charge is 0.368 e. The predicted octanol–water partition coefficient (Wildman–Crippen LogP) is 3.42. The fourth-order valence-corrected chi connectivity index (χ4v) is 4.45. The van der Waals surface area contributed by atoms with E-state index in [2.05, 4.69) is 10.6 Å². The van der Waals surface area contributed by atoms with E-state index in [9.17, 15) is 32.3 Å². The fourth-order valence-electron chi connectivity index (χ4n) is 4.45. The number of nitrogens with one attached hydrogen (secondary N) is 2. The predicted molar refractivity (Wildman–Crippen MR) is 138 cm³/mol. The number of halogens is 3. The summed E-state index contributed by atoms with van der Waals surface area (Å²) in [5, 5.41) is 5.39. The molecule has 0 aliphatic carbocycles. The van der Waals surface area contributed by atoms with Crippen molar-refractivity contribution in [3.8, 4) is 0 Å². The maximum absolute atomic E-state index is 14.0. The third-order valence-corrected chi connectivity index (χ3v) is 6.32. The number of anilines is 3. The van der Waals surface area contributed by atoms with Crippen LogP contribution in [-0.4, -0.2) is 43.5 Å². The van der Waals surface area contributed by atoms with Gasteiger partial charge in [0.2, 0.25) is 5.91 Å². The molecule has 3 aromatic carbocycles. The maximum Gasteiger partial charge on any atom is 0.471 e. The molecule has 0 radical (unpaired) electrons. The Bertz CT molecular complexity index is 1440. The van der Waals surface area contributed by atoms with Crippen molar-refractivity contribution in [3.05, 3.63) is 89.5 Å². The van der Waals surface area contributed by atoms with Crippen LogP contribution in [0.15, 0.2) is 72.8 Å². The van der Waals surface area contributed by atoms with E-state index in [0.717, 1.165) is 17.5 Å². The van der Waals surface area contributed by atoms with E-state index < -0.39 is 42.0 Å². The molecule has 202 valence electrons. The van der Waals surface area contributed by atoms with Crippen LogP contribution in [0.4, 0.5) is 35.0 Å². The zero-order valence-corrected chi connectivity index (χ0v) is 20.9. The molecule has 0 spiro atoms. The number of nitrogens with two attached hydrogens (primary N) is 1. The number of amides is 5. The van der Waals surface area contributed by atoms with Gasteiger partial charge in [0.05, 0.1) is 5.69 Å². The first kappa shape index (κ1) is 27.2. The number of benzene rings is 3. The summed E-state index contributed by atoms with van der Waals surface area (Å²) < 4.78 is 38.8. The Morgan fingerprint density at radius 2 is 1.59 bits per heavy atom. The second-order valence-corrected chi connectivity index (χ2v) is 8.98. The molecule has 1 aliphatic heterocycles. The summed E-state index contributed by atoms with van der Waals surface area (Å²) in [5.74, 6) is -3.56. The molecular formula is C27H24F3N5O4. The lowest BCUT2D eigenvalue weighted by Gasteiger charge is -2.31. The summed E-state index contributed by atoms with van der Waals surface area (Å²) in [6, 6.07) is 17.8. The van der Waals surface area contributed by atoms with Gasteiger partial charge in [-0.05, 0) is 42.8 Å². The molecule has 5 amide bonds. The number of carbonyl (C=O) groups is 4. The molecule has 0 fully saturated rings. The van der Waals surface area contributed by atoms with Gasteiger partial charge >= 0.3 is 18.1 Å². The van der Waals surface area contributed by atoms with Crippen LogP contribution in [0.25, 0.3) is 0 Å². The Kier molecular flexibility index (Phi) is 7.05. The van der Waals surface area contributed by atoms with Crippen LogP contribution >= 0.6 is 0 Å². The van der Waals surface area contributed by atoms with E-state index in [-0.39, 0.29) is 11.3 Å². The number of primary amides is 1. The van der Waals surface area contributed by atoms with Gasteiger partial charge in [-0.1, -0.05) is 48.0 Å². The highest BCUT2D eigenvalue weighted by Crippen LogP contribution is 2.44. The van der Waals surface area contributed by atoms with Gasteiger partial charge in [0, 0.05) is 24.0 Å². The number of para-hydroxylation sites is 1. The van der Waals surface area contributed by atoms with Crippen molar-refractivity contribution >= 4 is 40.8 Å². The van der Waals surface area contributed by atoms with Gasteiger partial charge in [-0.2, -0.15) is 13.2 Å². The molecule has 0 saturated carbocycles. The van der Waals surface area contributed by atoms with Crippen LogP contribution in [0.3, 0.4) is 0 Å². The number of nitrogens with zero attached hydrogens (tertiary/aromatic N) is 2. The molecule has 0 bridgehead atoms. The van der Waals surface area contributed by atoms with Gasteiger partial charge in [-0.25, -0.2) is 4.79 Å². The van der Waals surface area contributed by atoms with E-state index in [0.29, 0.717) is 21.8 Å². The van der Waals surface area contributed by atoms with Crippen LogP contribution in [0, 0.1) is 6.92 Å². The van der Waals surface area contributed by atoms with Gasteiger partial charge in [-0.3, -0.25) is 19.3 Å². The molecule has 9 nitrogen and oxygen atoms in total. The lowest BCUT2D eigenvalue weighted by atomic mass is 9.83. The van der Waals surface area contributed by atoms with Gasteiger partial charge in [0.1, 0.15) is 6.54 Å². The third kappa shape index (κ3) is 5.13. The van der Waals surface area contributed by atoms with E-state index >= 15 is 0 Å². The Balaban J connectivity index is 1.79. The highest BCUT2D eigenvalue weighted by atomic mass is 19.4. The van der Waals surface area contributed by atoms with Crippen molar-refractivity contribution < 1.29 is 32.3 Å². The van der Waals surface area contributed by atoms with Crippen molar-refractivity contribution in [3.63, 3.8) is 0 Å². The van der Waals surface area contributed by atoms with Crippen molar-refractivity contribution in [1.82, 2.24) is 5.32 Å². The topological polar surface area (TPSA) is 125 Å². The summed E-state index contributed by atoms with van der Waals surface area (Å²) in [4.78, 5) is 52.3. The van der Waals surface area contributed by atoms with Crippen molar-refractivity contribution in [2.45, 2.75) is 18.6 Å². The molecule has 1 atom stereocenters. The third-order valence-electron chi connectivity index (χ3n) is 6.32. The van der Waals surface area contributed by atoms with Crippen molar-refractivity contribution in [1.29, 1.82) is 0 Å². The summed E-state index contributed by atoms with van der Waals surface area (Å²) >= 11 is 0. The highest BCUT2D eigenvalue weighted by Gasteiger charge is 2.53. The molecule has 4 N–H and O–H groups in total. The number of urea groups is 1. The summed E-state index contributed by atoms with van der Waals surface area (Å²) in [6.07, 6.45) is -5.08. The Hall–Kier alpha value is -4.87. The number of rotatable bonds is 6. The quantitative estimate of drug-likeness (QED) is 0.444. The van der Waals surface area contributed by atoms with Gasteiger partial charge < -0.3 is 21.3 Å². The van der Waals surface area contributed by atoms with Crippen molar-refractivity contribution in [2.75, 3.05) is 28.7 Å². The number of alkyl halides is 3. The van der Waals surface area contributed by atoms with Gasteiger partial charge in [0.15, 0.2) is 5.54 Å². The van der Waals surface area contributed by atoms with Crippen LogP contribution in [-0.2, 0) is 19.9 Å². The summed E-state index contributed by atoms with van der Waals surface area (Å²) in [7, 11) is 0.971. The molecule has 0 aromatic heterocycles. The first-order valence-electron chi connectivity index (χ1n) is 11.7. The lowest BCUT2D eigenvalue weighted by Crippen LogP contribution is -2.55. The zero-order chi connectivity index (χ0) is 28.5. The average Bonchev–Trinajstić information content (AvgIpc) is 3.12. The second-order valence-electron chi connectivity index (χ2n) is 8.98. The van der Waals surface area contributed by atoms with E-state index in [1.807, 2.05) is 6.92 Å². The minimum absolute atomic E-state index is 0.0898. The van der Waals surface area contributed by atoms with Crippen LogP contribution < -0.4 is 26.2 Å². The number of aryl methyl sites for hydroxylation is 1. The van der Waals surface area contributed by atoms with Crippen molar-refractivity contribution in [2.24, 2.45) is 5.73 Å². The minimum Gasteiger partial charge on any atom is -0.368 e. The summed E-state index contributed by atoms with van der Waals surface area (Å²) in [6.45, 7) is 1.41. The first-order chi connectivity index (χ1) is 18.3. The summed E-state index contributed by atoms with van der Waals surface area (Å²) in [5.41, 5.74) is 5.67. The first-order valence-corrected chi connectivity index (χ1v) is 11.7. The second kappa shape index (κ2) is 10.1. The maximum atomic E-state index is 14.0. The molecule has 12 heteroatoms. The normalized spacial score (nSPS) is 16.4. The largest absolute Gasteiger partial charge is 0.471 e. The standard InChI is InChI=1S/C27H24F3N5O4/c1-16-7-11-18(12-8-16)32-25(39)33-26(17-9-13-19(14-10-17)34(2)24(38)27(28,29)30)20-5-3-4-6-21(20)35(23(26)37)15-22(31)36/h3-14H,15H2,1-2H3,(H2,31,36)(H2,32,33,39). The molecule has 3 aromatic rings. The Labute approximate surface area is 221 Å². The molecule has 0 saturated heterocycles. The zero-order valence-electron chi connectivity index (χ0n) is 20.9. The molecule has 1 aliphatic rings. The lowest BCUT2D eigenvalue weighted by molar-refractivity contribution is -0.170. The molecule has 1 heterocycles. The molecule has 4 rings (SSSR count). The van der Waals surface area contributed by atoms with E-state index in [4.69, 9.17) is 5.73 Å². The highest BCUT2D eigenvalue weighted by molar-refractivity contribution is 6.14. The van der Waals surface area contributed by atoms with E-state index in [1.54, 1.807) is 48.5 Å². The number of hydrogen-bond donors (Lipinski definition) is 3. The molecule has 1 unspecified atom stereocenters. The Morgan fingerprint density at radius 1 is 0.974 bits per heavy atom. The number of fused-ring (bicyclic) bond motifs is 1. The SMILES string of the molecule is Cc1ccc(NC(=O)NC2(c3ccc(N(C)C(=O)C(F)(F)F)cc3)C(=O)N(CC(N)=O)c3ccccc32)cc1. The molecule has 39 heavy (non-hydrogen) atoms. The van der Waals surface area contributed by atoms with Crippen LogP contribution in [0.1, 0.15) is 16.7 Å². The van der Waals surface area contributed by atoms with Gasteiger partial charge in [-0.15, -0.1) is 0 Å². The number of carbonyl (C=O) groups excluding carboxylic acids is 4. The monoisotopic (exact) mass is 539 g/mol. The minimum atomic E-state index is -5.08. The Morgan fingerprint density at radius 3 is 2.18 bits per heavy atom. The van der Waals surface area contributed by atoms with Crippen LogP contribution in [0.2, 0.25) is 0 Å².